The van der Waals surface area contributed by atoms with E-state index in [1.165, 1.54) is 17.0 Å². The topological polar surface area (TPSA) is 49.0 Å². The number of benzene rings is 1. The fourth-order valence-corrected chi connectivity index (χ4v) is 2.68. The first-order valence-electron chi connectivity index (χ1n) is 6.06. The number of nitrogens with one attached hydrogen (secondary N) is 1. The van der Waals surface area contributed by atoms with Crippen LogP contribution in [0.4, 0.5) is 0 Å². The largest absolute Gasteiger partial charge is 0.508 e. The van der Waals surface area contributed by atoms with Crippen LogP contribution in [0.2, 0.25) is 0 Å². The molecular formula is C14H18N2OS. The zero-order valence-electron chi connectivity index (χ0n) is 10.7. The fourth-order valence-electron chi connectivity index (χ4n) is 1.91. The highest BCUT2D eigenvalue weighted by molar-refractivity contribution is 7.07. The van der Waals surface area contributed by atoms with E-state index >= 15 is 0 Å². The van der Waals surface area contributed by atoms with Crippen LogP contribution < -0.4 is 4.80 Å². The molecule has 2 N–H and O–H groups in total. The van der Waals surface area contributed by atoms with Crippen molar-refractivity contribution < 1.29 is 5.11 Å². The maximum Gasteiger partial charge on any atom is 0.182 e. The number of phenolic OH excluding ortho intramolecular Hbond substituents is 1. The molecule has 0 bridgehead atoms. The zero-order valence-corrected chi connectivity index (χ0v) is 11.5. The quantitative estimate of drug-likeness (QED) is 0.874. The van der Waals surface area contributed by atoms with Gasteiger partial charge in [0.15, 0.2) is 4.80 Å². The summed E-state index contributed by atoms with van der Waals surface area (Å²) in [6.07, 6.45) is 0.808. The number of nitrogens with zero attached hydrogens (tertiary/aromatic N) is 1. The summed E-state index contributed by atoms with van der Waals surface area (Å²) in [7, 11) is 0. The summed E-state index contributed by atoms with van der Waals surface area (Å²) in [5.41, 5.74) is 2.33. The molecule has 1 aromatic carbocycles. The molecule has 0 aliphatic carbocycles. The molecule has 0 saturated carbocycles. The van der Waals surface area contributed by atoms with E-state index in [2.05, 4.69) is 23.8 Å². The molecule has 3 nitrogen and oxygen atoms in total. The first kappa shape index (κ1) is 12.9. The molecule has 4 heteroatoms. The maximum atomic E-state index is 9.27. The predicted molar refractivity (Wildman–Crippen MR) is 73.9 cm³/mol. The van der Waals surface area contributed by atoms with Gasteiger partial charge in [0.2, 0.25) is 0 Å². The number of aromatic nitrogens is 1. The van der Waals surface area contributed by atoms with Gasteiger partial charge in [0.25, 0.3) is 0 Å². The van der Waals surface area contributed by atoms with Crippen LogP contribution in [0, 0.1) is 11.3 Å². The number of phenols is 1. The fraction of sp³-hybridized carbons (Fsp3) is 0.357. The van der Waals surface area contributed by atoms with Gasteiger partial charge >= 0.3 is 0 Å². The molecule has 0 unspecified atom stereocenters. The highest BCUT2D eigenvalue weighted by Gasteiger charge is 2.07. The number of aromatic hydroxyl groups is 1. The van der Waals surface area contributed by atoms with Gasteiger partial charge in [-0.15, -0.1) is 11.3 Å². The minimum Gasteiger partial charge on any atom is -0.508 e. The summed E-state index contributed by atoms with van der Waals surface area (Å²) < 4.78 is 2.07. The molecule has 2 rings (SSSR count). The highest BCUT2D eigenvalue weighted by atomic mass is 32.1. The Bertz CT molecular complexity index is 566. The lowest BCUT2D eigenvalue weighted by molar-refractivity contribution is 0.475. The number of rotatable bonds is 4. The van der Waals surface area contributed by atoms with Crippen molar-refractivity contribution >= 4 is 11.3 Å². The van der Waals surface area contributed by atoms with E-state index < -0.39 is 0 Å². The summed E-state index contributed by atoms with van der Waals surface area (Å²) in [4.78, 5) is 0.609. The Kier molecular flexibility index (Phi) is 3.87. The van der Waals surface area contributed by atoms with Crippen LogP contribution in [0.3, 0.4) is 0 Å². The lowest BCUT2D eigenvalue weighted by Gasteiger charge is -2.11. The summed E-state index contributed by atoms with van der Waals surface area (Å²) >= 11 is 1.48. The van der Waals surface area contributed by atoms with Gasteiger partial charge in [-0.1, -0.05) is 26.0 Å². The van der Waals surface area contributed by atoms with Crippen molar-refractivity contribution in [3.8, 4) is 5.75 Å². The van der Waals surface area contributed by atoms with Crippen molar-refractivity contribution in [2.45, 2.75) is 26.8 Å². The molecule has 1 heterocycles. The zero-order chi connectivity index (χ0) is 13.1. The standard InChI is InChI=1S/C14H18N2OS/c1-10(2)8-16-12(9-18-14(16)15)7-11-3-5-13(17)6-4-11/h3-6,9-10,15,17H,7-8H2,1-2H3. The van der Waals surface area contributed by atoms with E-state index in [1.54, 1.807) is 12.1 Å². The van der Waals surface area contributed by atoms with E-state index in [0.717, 1.165) is 18.5 Å². The predicted octanol–water partition coefficient (Wildman–Crippen LogP) is 2.98. The highest BCUT2D eigenvalue weighted by Crippen LogP contribution is 2.15. The lowest BCUT2D eigenvalue weighted by Crippen LogP contribution is -2.19. The van der Waals surface area contributed by atoms with Crippen LogP contribution in [0.25, 0.3) is 0 Å². The molecular weight excluding hydrogens is 244 g/mol. The second-order valence-electron chi connectivity index (χ2n) is 4.88. The summed E-state index contributed by atoms with van der Waals surface area (Å²) in [6, 6.07) is 7.26. The third-order valence-corrected chi connectivity index (χ3v) is 3.60. The first-order chi connectivity index (χ1) is 8.56. The van der Waals surface area contributed by atoms with Gasteiger partial charge in [0, 0.05) is 24.0 Å². The smallest absolute Gasteiger partial charge is 0.182 e. The number of hydrogen-bond donors (Lipinski definition) is 2. The van der Waals surface area contributed by atoms with Gasteiger partial charge in [0.05, 0.1) is 0 Å². The van der Waals surface area contributed by atoms with Gasteiger partial charge in [-0.05, 0) is 23.6 Å². The Labute approximate surface area is 111 Å². The van der Waals surface area contributed by atoms with Crippen molar-refractivity contribution in [3.05, 3.63) is 45.7 Å². The van der Waals surface area contributed by atoms with Crippen molar-refractivity contribution in [1.29, 1.82) is 5.41 Å². The van der Waals surface area contributed by atoms with Crippen molar-refractivity contribution in [2.75, 3.05) is 0 Å². The Morgan fingerprint density at radius 2 is 1.94 bits per heavy atom. The SMILES string of the molecule is CC(C)Cn1c(Cc2ccc(O)cc2)csc1=N. The molecule has 18 heavy (non-hydrogen) atoms. The number of thiazole rings is 1. The maximum absolute atomic E-state index is 9.27. The monoisotopic (exact) mass is 262 g/mol. The molecule has 0 fully saturated rings. The molecule has 0 aliphatic rings. The summed E-state index contributed by atoms with van der Waals surface area (Å²) in [5, 5.41) is 19.2. The van der Waals surface area contributed by atoms with Crippen LogP contribution in [0.5, 0.6) is 5.75 Å². The van der Waals surface area contributed by atoms with E-state index in [1.807, 2.05) is 12.1 Å². The molecule has 0 amide bonds. The van der Waals surface area contributed by atoms with Crippen LogP contribution in [-0.2, 0) is 13.0 Å². The van der Waals surface area contributed by atoms with Gasteiger partial charge in [-0.3, -0.25) is 5.41 Å². The van der Waals surface area contributed by atoms with E-state index in [4.69, 9.17) is 5.41 Å². The Morgan fingerprint density at radius 1 is 1.28 bits per heavy atom. The molecule has 0 saturated heterocycles. The number of hydrogen-bond acceptors (Lipinski definition) is 3. The molecule has 96 valence electrons. The third-order valence-electron chi connectivity index (χ3n) is 2.77. The van der Waals surface area contributed by atoms with Crippen LogP contribution >= 0.6 is 11.3 Å². The van der Waals surface area contributed by atoms with Gasteiger partial charge in [-0.25, -0.2) is 0 Å². The Balaban J connectivity index is 2.23. The lowest BCUT2D eigenvalue weighted by atomic mass is 10.1. The summed E-state index contributed by atoms with van der Waals surface area (Å²) in [6.45, 7) is 5.21. The van der Waals surface area contributed by atoms with Gasteiger partial charge in [0.1, 0.15) is 5.75 Å². The minimum absolute atomic E-state index is 0.292. The molecule has 0 atom stereocenters. The van der Waals surface area contributed by atoms with E-state index in [9.17, 15) is 5.11 Å². The molecule has 2 aromatic rings. The van der Waals surface area contributed by atoms with Crippen molar-refractivity contribution in [1.82, 2.24) is 4.57 Å². The Morgan fingerprint density at radius 3 is 2.56 bits per heavy atom. The average molecular weight is 262 g/mol. The molecule has 0 aliphatic heterocycles. The molecule has 1 aromatic heterocycles. The third kappa shape index (κ3) is 3.01. The second kappa shape index (κ2) is 5.40. The molecule has 0 spiro atoms. The van der Waals surface area contributed by atoms with Crippen LogP contribution in [-0.4, -0.2) is 9.67 Å². The first-order valence-corrected chi connectivity index (χ1v) is 6.94. The normalized spacial score (nSPS) is 11.1. The van der Waals surface area contributed by atoms with Gasteiger partial charge < -0.3 is 9.67 Å². The van der Waals surface area contributed by atoms with Crippen LogP contribution in [0.15, 0.2) is 29.6 Å². The molecule has 0 radical (unpaired) electrons. The van der Waals surface area contributed by atoms with Crippen molar-refractivity contribution in [3.63, 3.8) is 0 Å². The minimum atomic E-state index is 0.292. The Hall–Kier alpha value is -1.55. The van der Waals surface area contributed by atoms with E-state index in [-0.39, 0.29) is 0 Å². The van der Waals surface area contributed by atoms with Crippen molar-refractivity contribution in [2.24, 2.45) is 5.92 Å². The van der Waals surface area contributed by atoms with Crippen LogP contribution in [0.1, 0.15) is 25.1 Å². The van der Waals surface area contributed by atoms with E-state index in [0.29, 0.717) is 16.5 Å². The van der Waals surface area contributed by atoms with Gasteiger partial charge in [-0.2, -0.15) is 0 Å². The summed E-state index contributed by atoms with van der Waals surface area (Å²) in [5.74, 6) is 0.826. The second-order valence-corrected chi connectivity index (χ2v) is 5.74. The average Bonchev–Trinajstić information content (AvgIpc) is 2.64.